The van der Waals surface area contributed by atoms with E-state index in [-0.39, 0.29) is 18.8 Å². The fourth-order valence-corrected chi connectivity index (χ4v) is 2.67. The zero-order valence-electron chi connectivity index (χ0n) is 10.3. The second kappa shape index (κ2) is 5.57. The molecular weight excluding hydrogens is 504 g/mol. The number of thioether (sulfide) groups is 1. The maximum Gasteiger partial charge on any atom is 0.324 e. The predicted molar refractivity (Wildman–Crippen MR) is 68.9 cm³/mol. The van der Waals surface area contributed by atoms with Crippen molar-refractivity contribution in [3.63, 3.8) is 0 Å². The molecule has 7 heteroatoms. The van der Waals surface area contributed by atoms with E-state index in [2.05, 4.69) is 0 Å². The van der Waals surface area contributed by atoms with Gasteiger partial charge in [0.25, 0.3) is 0 Å². The molecule has 0 saturated heterocycles. The van der Waals surface area contributed by atoms with Crippen LogP contribution in [0.2, 0.25) is 6.82 Å². The fourth-order valence-electron chi connectivity index (χ4n) is 2.01. The van der Waals surface area contributed by atoms with Gasteiger partial charge < -0.3 is 15.5 Å². The Bertz CT molecular complexity index is 446. The molecule has 18 heavy (non-hydrogen) atoms. The summed E-state index contributed by atoms with van der Waals surface area (Å²) in [5.41, 5.74) is 7.89. The minimum absolute atomic E-state index is 0. The van der Waals surface area contributed by atoms with E-state index >= 15 is 0 Å². The number of carboxylic acids is 1. The quantitative estimate of drug-likeness (QED) is 0.455. The third-order valence-electron chi connectivity index (χ3n) is 2.79. The summed E-state index contributed by atoms with van der Waals surface area (Å²) >= 11 is 1.32. The molecule has 1 atom stereocenters. The number of carbonyl (C=O) groups is 1. The van der Waals surface area contributed by atoms with Crippen LogP contribution in [0.4, 0.5) is 0 Å². The van der Waals surface area contributed by atoms with Crippen molar-refractivity contribution < 1.29 is 14.6 Å². The molecule has 1 unspecified atom stereocenters. The van der Waals surface area contributed by atoms with Crippen molar-refractivity contribution in [3.8, 4) is 0 Å². The molecule has 0 aromatic heterocycles. The number of carboxylic acid groups (broad SMARTS) is 1. The number of hydrogen-bond acceptors (Lipinski definition) is 4. The first-order chi connectivity index (χ1) is 8.11. The van der Waals surface area contributed by atoms with Gasteiger partial charge in [-0.05, 0) is 17.1 Å². The first kappa shape index (κ1) is 14.1. The van der Waals surface area contributed by atoms with Gasteiger partial charge in [0.2, 0.25) is 0 Å². The van der Waals surface area contributed by atoms with E-state index in [0.717, 1.165) is 15.9 Å². The molecule has 92 valence electrons. The normalized spacial score (nSPS) is 17.2. The molecule has 1 aromatic carbocycles. The second-order valence-corrected chi connectivity index (χ2v) is 5.02. The van der Waals surface area contributed by atoms with Crippen molar-refractivity contribution in [1.82, 2.24) is 0 Å². The van der Waals surface area contributed by atoms with Crippen molar-refractivity contribution in [2.45, 2.75) is 17.8 Å². The molecule has 0 bridgehead atoms. The van der Waals surface area contributed by atoms with Crippen LogP contribution in [0.15, 0.2) is 23.1 Å². The van der Waals surface area contributed by atoms with Crippen LogP contribution in [0.5, 0.6) is 0 Å². The van der Waals surface area contributed by atoms with Crippen LogP contribution in [0.25, 0.3) is 0 Å². The van der Waals surface area contributed by atoms with Crippen LogP contribution < -0.4 is 11.2 Å². The number of fused-ring (bicyclic) bond motifs is 1. The zero-order chi connectivity index (χ0) is 12.4. The summed E-state index contributed by atoms with van der Waals surface area (Å²) in [5.74, 6) is -0.728. The Kier molecular flexibility index (Phi) is 4.36. The van der Waals surface area contributed by atoms with E-state index in [1.807, 2.05) is 25.0 Å². The summed E-state index contributed by atoms with van der Waals surface area (Å²) < 4.78 is 5.71. The summed E-state index contributed by atoms with van der Waals surface area (Å²) in [6.45, 7) is 2.49. The molecule has 1 aromatic rings. The summed E-state index contributed by atoms with van der Waals surface area (Å²) in [7, 11) is 0. The number of hydrogen-bond donors (Lipinski definition) is 2. The molecule has 1 aliphatic rings. The third-order valence-corrected chi connectivity index (χ3v) is 3.77. The van der Waals surface area contributed by atoms with Crippen molar-refractivity contribution in [1.29, 1.82) is 0 Å². The number of nitrogens with two attached hydrogens (primary N) is 1. The average molecular weight is 518 g/mol. The maximum atomic E-state index is 10.5. The van der Waals surface area contributed by atoms with Gasteiger partial charge in [0, 0.05) is 11.4 Å². The van der Waals surface area contributed by atoms with E-state index in [1.165, 1.54) is 11.8 Å². The first-order valence-corrected chi connectivity index (χ1v) is 6.44. The van der Waals surface area contributed by atoms with E-state index in [0.29, 0.717) is 6.54 Å². The van der Waals surface area contributed by atoms with Crippen molar-refractivity contribution in [3.05, 3.63) is 23.8 Å². The van der Waals surface area contributed by atoms with Gasteiger partial charge >= 0.3 is 12.9 Å². The molecule has 1 aliphatic heterocycles. The van der Waals surface area contributed by atoms with Gasteiger partial charge in [-0.2, -0.15) is 0 Å². The van der Waals surface area contributed by atoms with Crippen molar-refractivity contribution in [2.24, 2.45) is 5.73 Å². The zero-order valence-corrected chi connectivity index (χ0v) is 17.5. The van der Waals surface area contributed by atoms with Crippen LogP contribution in [-0.4, -0.2) is 30.3 Å². The topological polar surface area (TPSA) is 72.5 Å². The van der Waals surface area contributed by atoms with Gasteiger partial charge in [0.1, 0.15) is 0 Å². The molecule has 0 spiro atoms. The number of benzene rings is 1. The van der Waals surface area contributed by atoms with Crippen molar-refractivity contribution in [2.75, 3.05) is 12.3 Å². The molecule has 4 nitrogen and oxygen atoms in total. The van der Waals surface area contributed by atoms with Crippen LogP contribution in [0.3, 0.4) is 0 Å². The molecule has 3 N–H and O–H groups in total. The van der Waals surface area contributed by atoms with E-state index in [4.69, 9.17) is 15.5 Å². The Morgan fingerprint density at radius 2 is 2.33 bits per heavy atom. The SMILES string of the molecule is CB1OC(CN)c2ccc(SCC(=O)O)cc21.[Rf]. The third kappa shape index (κ3) is 2.64. The van der Waals surface area contributed by atoms with E-state index < -0.39 is 5.97 Å². The fraction of sp³-hybridized carbons (Fsp3) is 0.364. The number of aliphatic carboxylic acids is 1. The van der Waals surface area contributed by atoms with Crippen LogP contribution in [0.1, 0.15) is 11.7 Å². The molecule has 0 fully saturated rings. The maximum absolute atomic E-state index is 10.5. The van der Waals surface area contributed by atoms with Gasteiger partial charge in [-0.15, -0.1) is 11.8 Å². The van der Waals surface area contributed by atoms with Crippen molar-refractivity contribution >= 4 is 30.1 Å². The van der Waals surface area contributed by atoms with Gasteiger partial charge in [0.15, 0.2) is 0 Å². The molecular formula is C11H14BNO3RfS. The Labute approximate surface area is 105 Å². The summed E-state index contributed by atoms with van der Waals surface area (Å²) in [4.78, 5) is 11.5. The molecule has 2 rings (SSSR count). The first-order valence-electron chi connectivity index (χ1n) is 5.45. The minimum Gasteiger partial charge on any atom is -0.481 e. The Morgan fingerprint density at radius 3 is 2.94 bits per heavy atom. The van der Waals surface area contributed by atoms with Crippen LogP contribution in [-0.2, 0) is 9.45 Å². The number of rotatable bonds is 4. The predicted octanol–water partition coefficient (Wildman–Crippen LogP) is 0.722. The summed E-state index contributed by atoms with van der Waals surface area (Å²) in [5, 5.41) is 8.64. The molecule has 0 amide bonds. The van der Waals surface area contributed by atoms with Crippen LogP contribution in [0, 0.1) is 0 Å². The average Bonchev–Trinajstić information content (AvgIpc) is 2.63. The Balaban J connectivity index is 0.00000162. The second-order valence-electron chi connectivity index (χ2n) is 3.98. The summed E-state index contributed by atoms with van der Waals surface area (Å²) in [6, 6.07) is 5.92. The molecule has 0 radical (unpaired) electrons. The van der Waals surface area contributed by atoms with Gasteiger partial charge in [-0.25, -0.2) is 0 Å². The largest absolute Gasteiger partial charge is 0.481 e. The van der Waals surface area contributed by atoms with Crippen LogP contribution >= 0.6 is 11.8 Å². The van der Waals surface area contributed by atoms with E-state index in [1.54, 1.807) is 0 Å². The molecule has 1 heterocycles. The Morgan fingerprint density at radius 1 is 1.61 bits per heavy atom. The van der Waals surface area contributed by atoms with Gasteiger partial charge in [0.05, 0.1) is 11.9 Å². The standard InChI is InChI=1S/C11H14BNO3S.Rf/c1-12-9-4-7(17-6-11(14)15)2-3-8(9)10(5-13)16-12;/h2-4,10H,5-6,13H2,1H3,(H,14,15);. The smallest absolute Gasteiger partial charge is 0.324 e. The molecule has 0 aliphatic carbocycles. The monoisotopic (exact) mass is 518 g/mol. The summed E-state index contributed by atoms with van der Waals surface area (Å²) in [6.07, 6.45) is -0.0291. The molecule has 0 saturated carbocycles. The van der Waals surface area contributed by atoms with Gasteiger partial charge in [-0.3, -0.25) is 4.79 Å². The van der Waals surface area contributed by atoms with E-state index in [9.17, 15) is 4.79 Å². The minimum atomic E-state index is -0.806. The van der Waals surface area contributed by atoms with Gasteiger partial charge in [-0.1, -0.05) is 19.0 Å². The Hall–Kier alpha value is -1.98.